The Morgan fingerprint density at radius 1 is 1.13 bits per heavy atom. The van der Waals surface area contributed by atoms with Crippen LogP contribution in [0, 0.1) is 11.3 Å². The summed E-state index contributed by atoms with van der Waals surface area (Å²) in [5.41, 5.74) is 0.792. The van der Waals surface area contributed by atoms with Crippen molar-refractivity contribution >= 4 is 0 Å². The molecular weight excluding hydrogens is 182 g/mol. The molecule has 0 N–H and O–H groups in total. The molecule has 1 heterocycles. The lowest BCUT2D eigenvalue weighted by atomic mass is 9.59. The third kappa shape index (κ3) is 2.38. The van der Waals surface area contributed by atoms with E-state index in [2.05, 4.69) is 11.8 Å². The molecule has 0 radical (unpaired) electrons. The highest BCUT2D eigenvalue weighted by Crippen LogP contribution is 2.52. The van der Waals surface area contributed by atoms with Crippen LogP contribution >= 0.6 is 0 Å². The molecule has 0 amide bonds. The lowest BCUT2D eigenvalue weighted by molar-refractivity contribution is -0.0196. The summed E-state index contributed by atoms with van der Waals surface area (Å²) in [4.78, 5) is 2.79. The van der Waals surface area contributed by atoms with E-state index in [1.54, 1.807) is 0 Å². The molecule has 0 aromatic rings. The Bertz CT molecular complexity index is 196. The van der Waals surface area contributed by atoms with Gasteiger partial charge in [-0.2, -0.15) is 0 Å². The number of likely N-dealkylation sites (tertiary alicyclic amines) is 1. The van der Waals surface area contributed by atoms with Crippen molar-refractivity contribution in [2.45, 2.75) is 65.3 Å². The number of nitrogens with zero attached hydrogens (tertiary/aromatic N) is 1. The van der Waals surface area contributed by atoms with Crippen LogP contribution in [0.15, 0.2) is 0 Å². The average molecular weight is 209 g/mol. The van der Waals surface area contributed by atoms with Crippen molar-refractivity contribution < 1.29 is 0 Å². The Balaban J connectivity index is 0.000000404. The molecule has 1 nitrogen and oxygen atoms in total. The topological polar surface area (TPSA) is 3.24 Å². The second-order valence-corrected chi connectivity index (χ2v) is 5.82. The van der Waals surface area contributed by atoms with Gasteiger partial charge in [0.25, 0.3) is 0 Å². The van der Waals surface area contributed by atoms with E-state index in [4.69, 9.17) is 0 Å². The first kappa shape index (κ1) is 11.4. The molecule has 0 atom stereocenters. The Hall–Kier alpha value is -0.0400. The van der Waals surface area contributed by atoms with Gasteiger partial charge in [-0.05, 0) is 56.4 Å². The Kier molecular flexibility index (Phi) is 3.39. The monoisotopic (exact) mass is 209 g/mol. The van der Waals surface area contributed by atoms with E-state index in [1.807, 2.05) is 13.8 Å². The fourth-order valence-electron chi connectivity index (χ4n) is 3.75. The van der Waals surface area contributed by atoms with E-state index in [-0.39, 0.29) is 0 Å². The van der Waals surface area contributed by atoms with Crippen LogP contribution in [-0.4, -0.2) is 24.0 Å². The molecular formula is C14H27N. The summed E-state index contributed by atoms with van der Waals surface area (Å²) in [7, 11) is 0. The summed E-state index contributed by atoms with van der Waals surface area (Å²) in [6.45, 7) is 9.27. The molecule has 15 heavy (non-hydrogen) atoms. The molecule has 1 aliphatic heterocycles. The van der Waals surface area contributed by atoms with Crippen molar-refractivity contribution in [3.8, 4) is 0 Å². The largest absolute Gasteiger partial charge is 0.300 e. The maximum Gasteiger partial charge on any atom is 0.00966 e. The minimum atomic E-state index is 0.792. The first-order chi connectivity index (χ1) is 7.27. The zero-order valence-corrected chi connectivity index (χ0v) is 10.8. The van der Waals surface area contributed by atoms with Gasteiger partial charge in [0.05, 0.1) is 0 Å². The maximum absolute atomic E-state index is 2.79. The van der Waals surface area contributed by atoms with Gasteiger partial charge in [-0.25, -0.2) is 0 Å². The summed E-state index contributed by atoms with van der Waals surface area (Å²) >= 11 is 0. The van der Waals surface area contributed by atoms with Crippen LogP contribution in [0.25, 0.3) is 0 Å². The number of hydrogen-bond acceptors (Lipinski definition) is 1. The molecule has 1 saturated heterocycles. The summed E-state index contributed by atoms with van der Waals surface area (Å²) in [5, 5.41) is 0. The van der Waals surface area contributed by atoms with Crippen molar-refractivity contribution in [1.82, 2.24) is 4.90 Å². The van der Waals surface area contributed by atoms with Crippen molar-refractivity contribution in [2.24, 2.45) is 11.3 Å². The predicted octanol–water partition coefficient (Wildman–Crippen LogP) is 3.69. The molecule has 1 heteroatoms. The lowest BCUT2D eigenvalue weighted by Gasteiger charge is -2.52. The molecule has 0 unspecified atom stereocenters. The number of piperidine rings is 1. The van der Waals surface area contributed by atoms with Crippen LogP contribution in [0.3, 0.4) is 0 Å². The predicted molar refractivity (Wildman–Crippen MR) is 66.0 cm³/mol. The van der Waals surface area contributed by atoms with Gasteiger partial charge in [0, 0.05) is 12.6 Å². The van der Waals surface area contributed by atoms with Gasteiger partial charge < -0.3 is 0 Å². The van der Waals surface area contributed by atoms with Crippen LogP contribution in [0.5, 0.6) is 0 Å². The highest BCUT2D eigenvalue weighted by atomic mass is 15.2. The van der Waals surface area contributed by atoms with Crippen LogP contribution < -0.4 is 0 Å². The van der Waals surface area contributed by atoms with Crippen molar-refractivity contribution in [3.05, 3.63) is 0 Å². The number of hydrogen-bond donors (Lipinski definition) is 0. The third-order valence-corrected chi connectivity index (χ3v) is 4.32. The molecule has 2 aliphatic carbocycles. The van der Waals surface area contributed by atoms with E-state index < -0.39 is 0 Å². The van der Waals surface area contributed by atoms with Gasteiger partial charge in [-0.3, -0.25) is 4.90 Å². The van der Waals surface area contributed by atoms with Gasteiger partial charge in [-0.1, -0.05) is 20.8 Å². The van der Waals surface area contributed by atoms with Crippen LogP contribution in [0.2, 0.25) is 0 Å². The molecule has 3 rings (SSSR count). The second-order valence-electron chi connectivity index (χ2n) is 5.82. The number of rotatable bonds is 1. The highest BCUT2D eigenvalue weighted by Gasteiger charge is 2.46. The lowest BCUT2D eigenvalue weighted by Crippen LogP contribution is -2.50. The molecule has 0 bridgehead atoms. The third-order valence-electron chi connectivity index (χ3n) is 4.32. The summed E-state index contributed by atoms with van der Waals surface area (Å²) < 4.78 is 0. The maximum atomic E-state index is 2.79. The first-order valence-electron chi connectivity index (χ1n) is 7.02. The van der Waals surface area contributed by atoms with Crippen molar-refractivity contribution in [1.29, 1.82) is 0 Å². The first-order valence-corrected chi connectivity index (χ1v) is 7.02. The fourth-order valence-corrected chi connectivity index (χ4v) is 3.75. The zero-order valence-electron chi connectivity index (χ0n) is 10.8. The quantitative estimate of drug-likeness (QED) is 0.636. The summed E-state index contributed by atoms with van der Waals surface area (Å²) in [5.74, 6) is 1.03. The molecule has 2 saturated carbocycles. The van der Waals surface area contributed by atoms with E-state index in [0.717, 1.165) is 17.4 Å². The molecule has 1 spiro atoms. The molecule has 3 fully saturated rings. The Morgan fingerprint density at radius 2 is 1.80 bits per heavy atom. The van der Waals surface area contributed by atoms with E-state index in [0.29, 0.717) is 0 Å². The van der Waals surface area contributed by atoms with Gasteiger partial charge in [0.2, 0.25) is 0 Å². The SMILES string of the molecule is CC.CC1CC2(CCCN(C3CC3)C2)C1. The fraction of sp³-hybridized carbons (Fsp3) is 1.00. The van der Waals surface area contributed by atoms with Gasteiger partial charge in [-0.15, -0.1) is 0 Å². The van der Waals surface area contributed by atoms with Crippen molar-refractivity contribution in [3.63, 3.8) is 0 Å². The van der Waals surface area contributed by atoms with Crippen LogP contribution in [0.1, 0.15) is 59.3 Å². The molecule has 3 aliphatic rings. The zero-order chi connectivity index (χ0) is 10.9. The second kappa shape index (κ2) is 4.45. The van der Waals surface area contributed by atoms with Gasteiger partial charge in [0.1, 0.15) is 0 Å². The van der Waals surface area contributed by atoms with Gasteiger partial charge in [0.15, 0.2) is 0 Å². The van der Waals surface area contributed by atoms with Crippen LogP contribution in [0.4, 0.5) is 0 Å². The normalized spacial score (nSPS) is 40.6. The van der Waals surface area contributed by atoms with E-state index in [9.17, 15) is 0 Å². The Morgan fingerprint density at radius 3 is 2.33 bits per heavy atom. The average Bonchev–Trinajstić information content (AvgIpc) is 3.02. The molecule has 0 aromatic carbocycles. The Labute approximate surface area is 95.2 Å². The molecule has 88 valence electrons. The summed E-state index contributed by atoms with van der Waals surface area (Å²) in [6.07, 6.45) is 9.04. The smallest absolute Gasteiger partial charge is 0.00966 e. The molecule has 0 aromatic heterocycles. The van der Waals surface area contributed by atoms with E-state index >= 15 is 0 Å². The highest BCUT2D eigenvalue weighted by molar-refractivity contribution is 4.99. The van der Waals surface area contributed by atoms with E-state index in [1.165, 1.54) is 51.6 Å². The summed E-state index contributed by atoms with van der Waals surface area (Å²) in [6, 6.07) is 1.01. The van der Waals surface area contributed by atoms with Crippen LogP contribution in [-0.2, 0) is 0 Å². The standard InChI is InChI=1S/C12H21N.C2H6/c1-10-7-12(8-10)5-2-6-13(9-12)11-3-4-11;1-2/h10-11H,2-9H2,1H3;1-2H3. The minimum Gasteiger partial charge on any atom is -0.300 e. The minimum absolute atomic E-state index is 0.792. The van der Waals surface area contributed by atoms with Crippen molar-refractivity contribution in [2.75, 3.05) is 13.1 Å². The van der Waals surface area contributed by atoms with Gasteiger partial charge >= 0.3 is 0 Å².